The van der Waals surface area contributed by atoms with Crippen molar-refractivity contribution in [1.82, 2.24) is 0 Å². The fourth-order valence-corrected chi connectivity index (χ4v) is 2.48. The molecule has 0 unspecified atom stereocenters. The van der Waals surface area contributed by atoms with Crippen LogP contribution in [0, 0.1) is 0 Å². The molecule has 0 amide bonds. The van der Waals surface area contributed by atoms with Crippen molar-refractivity contribution in [1.29, 1.82) is 0 Å². The fraction of sp³-hybridized carbons (Fsp3) is 0.429. The normalized spacial score (nSPS) is 11.3. The molecule has 0 heterocycles. The maximum Gasteiger partial charge on any atom is 0.122 e. The highest BCUT2D eigenvalue weighted by atomic mass is 16.5. The first-order valence-corrected chi connectivity index (χ1v) is 8.70. The van der Waals surface area contributed by atoms with E-state index in [-0.39, 0.29) is 5.41 Å². The largest absolute Gasteiger partial charge is 0.490 e. The first kappa shape index (κ1) is 18.3. The van der Waals surface area contributed by atoms with Gasteiger partial charge < -0.3 is 15.2 Å². The van der Waals surface area contributed by atoms with Gasteiger partial charge in [-0.3, -0.25) is 0 Å². The molecule has 0 aliphatic carbocycles. The third-order valence-corrected chi connectivity index (χ3v) is 4.47. The Labute approximate surface area is 145 Å². The molecule has 0 aliphatic rings. The van der Waals surface area contributed by atoms with Gasteiger partial charge in [-0.1, -0.05) is 45.0 Å². The molecule has 130 valence electrons. The van der Waals surface area contributed by atoms with Crippen LogP contribution in [0.3, 0.4) is 0 Å². The second-order valence-corrected chi connectivity index (χ2v) is 6.64. The van der Waals surface area contributed by atoms with Crippen LogP contribution in [0.1, 0.15) is 38.3 Å². The standard InChI is InChI=1S/C21H29NO2/c1-4-21(2,3)18-8-10-19(11-9-18)23-14-15-24-20-7-5-6-17(16-20)12-13-22/h5-11,16H,4,12-15,22H2,1-3H3. The Morgan fingerprint density at radius 3 is 2.21 bits per heavy atom. The van der Waals surface area contributed by atoms with Crippen LogP contribution in [0.15, 0.2) is 48.5 Å². The summed E-state index contributed by atoms with van der Waals surface area (Å²) in [6.45, 7) is 8.43. The quantitative estimate of drug-likeness (QED) is 0.697. The van der Waals surface area contributed by atoms with E-state index in [1.807, 2.05) is 30.3 Å². The predicted molar refractivity (Wildman–Crippen MR) is 99.9 cm³/mol. The fourth-order valence-electron chi connectivity index (χ4n) is 2.48. The van der Waals surface area contributed by atoms with Gasteiger partial charge in [0.2, 0.25) is 0 Å². The lowest BCUT2D eigenvalue weighted by Crippen LogP contribution is -2.15. The average Bonchev–Trinajstić information content (AvgIpc) is 2.60. The molecule has 0 saturated carbocycles. The molecule has 2 rings (SSSR count). The average molecular weight is 327 g/mol. The van der Waals surface area contributed by atoms with Gasteiger partial charge in [0.05, 0.1) is 0 Å². The molecular weight excluding hydrogens is 298 g/mol. The maximum absolute atomic E-state index is 5.76. The van der Waals surface area contributed by atoms with Gasteiger partial charge in [0.15, 0.2) is 0 Å². The Balaban J connectivity index is 1.79. The van der Waals surface area contributed by atoms with E-state index in [4.69, 9.17) is 15.2 Å². The molecule has 0 atom stereocenters. The van der Waals surface area contributed by atoms with Gasteiger partial charge >= 0.3 is 0 Å². The van der Waals surface area contributed by atoms with Gasteiger partial charge in [-0.15, -0.1) is 0 Å². The second-order valence-electron chi connectivity index (χ2n) is 6.64. The molecule has 0 saturated heterocycles. The van der Waals surface area contributed by atoms with Gasteiger partial charge in [0.25, 0.3) is 0 Å². The first-order chi connectivity index (χ1) is 11.5. The summed E-state index contributed by atoms with van der Waals surface area (Å²) in [4.78, 5) is 0. The molecule has 3 nitrogen and oxygen atoms in total. The SMILES string of the molecule is CCC(C)(C)c1ccc(OCCOc2cccc(CCN)c2)cc1. The number of nitrogens with two attached hydrogens (primary N) is 1. The van der Waals surface area contributed by atoms with Gasteiger partial charge in [-0.25, -0.2) is 0 Å². The molecule has 0 fully saturated rings. The highest BCUT2D eigenvalue weighted by molar-refractivity contribution is 5.31. The predicted octanol–water partition coefficient (Wildman–Crippen LogP) is 4.33. The molecule has 2 aromatic rings. The summed E-state index contributed by atoms with van der Waals surface area (Å²) in [5.41, 5.74) is 8.32. The molecule has 2 aromatic carbocycles. The van der Waals surface area contributed by atoms with E-state index in [1.54, 1.807) is 0 Å². The van der Waals surface area contributed by atoms with E-state index >= 15 is 0 Å². The van der Waals surface area contributed by atoms with Crippen molar-refractivity contribution in [3.05, 3.63) is 59.7 Å². The van der Waals surface area contributed by atoms with Gasteiger partial charge in [-0.2, -0.15) is 0 Å². The van der Waals surface area contributed by atoms with Crippen LogP contribution in [-0.2, 0) is 11.8 Å². The Hall–Kier alpha value is -2.00. The van der Waals surface area contributed by atoms with E-state index < -0.39 is 0 Å². The summed E-state index contributed by atoms with van der Waals surface area (Å²) in [5, 5.41) is 0. The molecule has 0 radical (unpaired) electrons. The lowest BCUT2D eigenvalue weighted by molar-refractivity contribution is 0.217. The Morgan fingerprint density at radius 2 is 1.58 bits per heavy atom. The number of ether oxygens (including phenoxy) is 2. The number of hydrogen-bond donors (Lipinski definition) is 1. The molecule has 0 aromatic heterocycles. The Bertz CT molecular complexity index is 620. The molecule has 24 heavy (non-hydrogen) atoms. The number of rotatable bonds is 9. The highest BCUT2D eigenvalue weighted by Gasteiger charge is 2.17. The Kier molecular flexibility index (Phi) is 6.68. The summed E-state index contributed by atoms with van der Waals surface area (Å²) < 4.78 is 11.5. The second kappa shape index (κ2) is 8.74. The van der Waals surface area contributed by atoms with Crippen LogP contribution >= 0.6 is 0 Å². The van der Waals surface area contributed by atoms with Gasteiger partial charge in [-0.05, 0) is 60.2 Å². The number of hydrogen-bond acceptors (Lipinski definition) is 3. The van der Waals surface area contributed by atoms with Crippen molar-refractivity contribution < 1.29 is 9.47 Å². The van der Waals surface area contributed by atoms with E-state index in [0.29, 0.717) is 19.8 Å². The molecule has 0 spiro atoms. The zero-order valence-corrected chi connectivity index (χ0v) is 15.0. The summed E-state index contributed by atoms with van der Waals surface area (Å²) >= 11 is 0. The lowest BCUT2D eigenvalue weighted by atomic mass is 9.82. The van der Waals surface area contributed by atoms with Crippen molar-refractivity contribution in [2.24, 2.45) is 5.73 Å². The summed E-state index contributed by atoms with van der Waals surface area (Å²) in [6, 6.07) is 16.4. The van der Waals surface area contributed by atoms with Crippen molar-refractivity contribution in [3.8, 4) is 11.5 Å². The van der Waals surface area contributed by atoms with Crippen LogP contribution in [0.2, 0.25) is 0 Å². The topological polar surface area (TPSA) is 44.5 Å². The van der Waals surface area contributed by atoms with Crippen LogP contribution in [0.5, 0.6) is 11.5 Å². The van der Waals surface area contributed by atoms with Crippen LogP contribution < -0.4 is 15.2 Å². The molecule has 3 heteroatoms. The van der Waals surface area contributed by atoms with Crippen molar-refractivity contribution in [2.45, 2.75) is 39.0 Å². The smallest absolute Gasteiger partial charge is 0.122 e. The first-order valence-electron chi connectivity index (χ1n) is 8.70. The van der Waals surface area contributed by atoms with Crippen molar-refractivity contribution >= 4 is 0 Å². The van der Waals surface area contributed by atoms with Gasteiger partial charge in [0, 0.05) is 0 Å². The van der Waals surface area contributed by atoms with Crippen molar-refractivity contribution in [2.75, 3.05) is 19.8 Å². The third-order valence-electron chi connectivity index (χ3n) is 4.47. The summed E-state index contributed by atoms with van der Waals surface area (Å²) in [6.07, 6.45) is 1.98. The monoisotopic (exact) mass is 327 g/mol. The van der Waals surface area contributed by atoms with Crippen molar-refractivity contribution in [3.63, 3.8) is 0 Å². The Morgan fingerprint density at radius 1 is 0.917 bits per heavy atom. The minimum Gasteiger partial charge on any atom is -0.490 e. The molecule has 2 N–H and O–H groups in total. The van der Waals surface area contributed by atoms with Crippen LogP contribution in [0.4, 0.5) is 0 Å². The molecule has 0 bridgehead atoms. The van der Waals surface area contributed by atoms with Gasteiger partial charge in [0.1, 0.15) is 24.7 Å². The van der Waals surface area contributed by atoms with Crippen LogP contribution in [-0.4, -0.2) is 19.8 Å². The zero-order valence-electron chi connectivity index (χ0n) is 15.0. The third kappa shape index (κ3) is 5.27. The maximum atomic E-state index is 5.76. The summed E-state index contributed by atoms with van der Waals surface area (Å²) in [5.74, 6) is 1.75. The summed E-state index contributed by atoms with van der Waals surface area (Å²) in [7, 11) is 0. The number of benzene rings is 2. The zero-order chi connectivity index (χ0) is 17.4. The van der Waals surface area contributed by atoms with Crippen LogP contribution in [0.25, 0.3) is 0 Å². The molecule has 0 aliphatic heterocycles. The van der Waals surface area contributed by atoms with E-state index in [9.17, 15) is 0 Å². The van der Waals surface area contributed by atoms with E-state index in [0.717, 1.165) is 24.3 Å². The minimum atomic E-state index is 0.205. The lowest BCUT2D eigenvalue weighted by Gasteiger charge is -2.23. The van der Waals surface area contributed by atoms with E-state index in [2.05, 4.69) is 39.0 Å². The van der Waals surface area contributed by atoms with E-state index in [1.165, 1.54) is 11.1 Å². The highest BCUT2D eigenvalue weighted by Crippen LogP contribution is 2.28. The molecular formula is C21H29NO2. The minimum absolute atomic E-state index is 0.205.